The molecule has 0 amide bonds. The summed E-state index contributed by atoms with van der Waals surface area (Å²) in [5.74, 6) is 0.441. The van der Waals surface area contributed by atoms with Gasteiger partial charge in [0.1, 0.15) is 0 Å². The molecule has 0 fully saturated rings. The summed E-state index contributed by atoms with van der Waals surface area (Å²) in [7, 11) is 0. The van der Waals surface area contributed by atoms with Gasteiger partial charge in [-0.05, 0) is 57.7 Å². The summed E-state index contributed by atoms with van der Waals surface area (Å²) < 4.78 is 0. The number of nitrogens with zero attached hydrogens (tertiary/aromatic N) is 1. The van der Waals surface area contributed by atoms with E-state index in [1.807, 2.05) is 12.1 Å². The van der Waals surface area contributed by atoms with Crippen molar-refractivity contribution < 1.29 is 4.79 Å². The molecule has 1 atom stereocenters. The van der Waals surface area contributed by atoms with Crippen molar-refractivity contribution in [3.63, 3.8) is 0 Å². The molecular formula is C16H22ClNO. The lowest BCUT2D eigenvalue weighted by Gasteiger charge is -2.50. The molecule has 0 radical (unpaired) electrons. The minimum atomic E-state index is 0.104. The minimum Gasteiger partial charge on any atom is -0.364 e. The van der Waals surface area contributed by atoms with Crippen LogP contribution in [-0.4, -0.2) is 17.9 Å². The number of fused-ring (bicyclic) bond motifs is 1. The van der Waals surface area contributed by atoms with Crippen LogP contribution in [0.5, 0.6) is 0 Å². The second kappa shape index (κ2) is 4.82. The van der Waals surface area contributed by atoms with Crippen molar-refractivity contribution in [1.82, 2.24) is 0 Å². The molecule has 1 unspecified atom stereocenters. The lowest BCUT2D eigenvalue weighted by molar-refractivity contribution is 0.112. The van der Waals surface area contributed by atoms with E-state index < -0.39 is 0 Å². The average Bonchev–Trinajstić information content (AvgIpc) is 2.26. The second-order valence-corrected chi connectivity index (χ2v) is 6.84. The number of benzene rings is 1. The van der Waals surface area contributed by atoms with Crippen LogP contribution >= 0.6 is 11.6 Å². The van der Waals surface area contributed by atoms with E-state index in [-0.39, 0.29) is 5.54 Å². The topological polar surface area (TPSA) is 20.3 Å². The van der Waals surface area contributed by atoms with Crippen molar-refractivity contribution in [2.45, 2.75) is 58.5 Å². The normalized spacial score (nSPS) is 21.4. The molecule has 0 saturated carbocycles. The molecule has 0 N–H and O–H groups in total. The Kier molecular flexibility index (Phi) is 3.65. The highest BCUT2D eigenvalue weighted by atomic mass is 35.5. The molecule has 1 aromatic rings. The molecule has 2 rings (SSSR count). The van der Waals surface area contributed by atoms with Gasteiger partial charge in [0.25, 0.3) is 0 Å². The van der Waals surface area contributed by atoms with Gasteiger partial charge in [0.15, 0.2) is 6.29 Å². The number of carbonyl (C=O) groups excluding carboxylic acids is 1. The molecule has 104 valence electrons. The maximum atomic E-state index is 11.1. The van der Waals surface area contributed by atoms with Crippen LogP contribution in [-0.2, 0) is 0 Å². The van der Waals surface area contributed by atoms with Crippen molar-refractivity contribution in [1.29, 1.82) is 0 Å². The van der Waals surface area contributed by atoms with Crippen molar-refractivity contribution in [3.05, 3.63) is 28.3 Å². The SMILES string of the molecule is CC1CC(C)(C)N(C(C)C)c2cc(Cl)c(C=O)cc21. The fourth-order valence-corrected chi connectivity index (χ4v) is 3.75. The smallest absolute Gasteiger partial charge is 0.151 e. The molecule has 1 aliphatic rings. The van der Waals surface area contributed by atoms with E-state index in [9.17, 15) is 4.79 Å². The Bertz CT molecular complexity index is 508. The van der Waals surface area contributed by atoms with Crippen LogP contribution in [0.1, 0.15) is 62.9 Å². The number of aldehydes is 1. The predicted molar refractivity (Wildman–Crippen MR) is 81.6 cm³/mol. The highest BCUT2D eigenvalue weighted by Crippen LogP contribution is 2.45. The molecular weight excluding hydrogens is 258 g/mol. The van der Waals surface area contributed by atoms with Crippen molar-refractivity contribution in [3.8, 4) is 0 Å². The Balaban J connectivity index is 2.65. The van der Waals surface area contributed by atoms with E-state index in [1.165, 1.54) is 11.3 Å². The Hall–Kier alpha value is -1.02. The lowest BCUT2D eigenvalue weighted by atomic mass is 9.79. The number of carbonyl (C=O) groups is 1. The maximum absolute atomic E-state index is 11.1. The summed E-state index contributed by atoms with van der Waals surface area (Å²) >= 11 is 6.21. The largest absolute Gasteiger partial charge is 0.364 e. The zero-order chi connectivity index (χ0) is 14.4. The van der Waals surface area contributed by atoms with Gasteiger partial charge in [-0.1, -0.05) is 18.5 Å². The first-order valence-electron chi connectivity index (χ1n) is 6.86. The fourth-order valence-electron chi connectivity index (χ4n) is 3.55. The Labute approximate surface area is 120 Å². The molecule has 1 aliphatic heterocycles. The lowest BCUT2D eigenvalue weighted by Crippen LogP contribution is -2.51. The summed E-state index contributed by atoms with van der Waals surface area (Å²) in [6.45, 7) is 11.2. The molecule has 0 saturated heterocycles. The summed E-state index contributed by atoms with van der Waals surface area (Å²) in [6.07, 6.45) is 1.92. The zero-order valence-electron chi connectivity index (χ0n) is 12.3. The third kappa shape index (κ3) is 2.38. The van der Waals surface area contributed by atoms with Crippen LogP contribution in [0, 0.1) is 0 Å². The first-order chi connectivity index (χ1) is 8.77. The summed E-state index contributed by atoms with van der Waals surface area (Å²) in [6, 6.07) is 4.32. The van der Waals surface area contributed by atoms with Gasteiger partial charge in [0.05, 0.1) is 5.02 Å². The van der Waals surface area contributed by atoms with Gasteiger partial charge in [0.2, 0.25) is 0 Å². The summed E-state index contributed by atoms with van der Waals surface area (Å²) in [5, 5.41) is 0.546. The third-order valence-corrected chi connectivity index (χ3v) is 4.37. The predicted octanol–water partition coefficient (Wildman–Crippen LogP) is 4.65. The first kappa shape index (κ1) is 14.4. The van der Waals surface area contributed by atoms with Gasteiger partial charge in [0, 0.05) is 22.8 Å². The molecule has 0 bridgehead atoms. The number of rotatable bonds is 2. The molecule has 0 aliphatic carbocycles. The number of halogens is 1. The molecule has 1 heterocycles. The van der Waals surface area contributed by atoms with Gasteiger partial charge in [-0.3, -0.25) is 4.79 Å². The quantitative estimate of drug-likeness (QED) is 0.734. The van der Waals surface area contributed by atoms with E-state index in [4.69, 9.17) is 11.6 Å². The Morgan fingerprint density at radius 1 is 1.42 bits per heavy atom. The average molecular weight is 280 g/mol. The van der Waals surface area contributed by atoms with E-state index in [0.717, 1.165) is 12.7 Å². The van der Waals surface area contributed by atoms with Crippen molar-refractivity contribution in [2.24, 2.45) is 0 Å². The molecule has 2 nitrogen and oxygen atoms in total. The number of hydrogen-bond donors (Lipinski definition) is 0. The Morgan fingerprint density at radius 3 is 2.58 bits per heavy atom. The monoisotopic (exact) mass is 279 g/mol. The second-order valence-electron chi connectivity index (χ2n) is 6.43. The standard InChI is InChI=1S/C16H22ClNO/c1-10(2)18-15-7-14(17)12(9-19)6-13(15)11(3)8-16(18,4)5/h6-7,9-11H,8H2,1-5H3. The van der Waals surface area contributed by atoms with Crippen LogP contribution in [0.15, 0.2) is 12.1 Å². The van der Waals surface area contributed by atoms with Gasteiger partial charge in [-0.15, -0.1) is 0 Å². The van der Waals surface area contributed by atoms with Crippen molar-refractivity contribution >= 4 is 23.6 Å². The molecule has 1 aromatic carbocycles. The highest BCUT2D eigenvalue weighted by molar-refractivity contribution is 6.33. The highest BCUT2D eigenvalue weighted by Gasteiger charge is 2.38. The summed E-state index contributed by atoms with van der Waals surface area (Å²) in [4.78, 5) is 13.5. The van der Waals surface area contributed by atoms with Crippen LogP contribution in [0.4, 0.5) is 5.69 Å². The van der Waals surface area contributed by atoms with Crippen LogP contribution in [0.25, 0.3) is 0 Å². The zero-order valence-corrected chi connectivity index (χ0v) is 13.1. The van der Waals surface area contributed by atoms with Crippen LogP contribution in [0.3, 0.4) is 0 Å². The molecule has 19 heavy (non-hydrogen) atoms. The van der Waals surface area contributed by atoms with Crippen molar-refractivity contribution in [2.75, 3.05) is 4.90 Å². The maximum Gasteiger partial charge on any atom is 0.151 e. The fraction of sp³-hybridized carbons (Fsp3) is 0.562. The van der Waals surface area contributed by atoms with Gasteiger partial charge in [-0.2, -0.15) is 0 Å². The van der Waals surface area contributed by atoms with E-state index in [0.29, 0.717) is 22.5 Å². The molecule has 3 heteroatoms. The van der Waals surface area contributed by atoms with Gasteiger partial charge < -0.3 is 4.90 Å². The third-order valence-electron chi connectivity index (χ3n) is 4.04. The van der Waals surface area contributed by atoms with Crippen LogP contribution in [0.2, 0.25) is 5.02 Å². The van der Waals surface area contributed by atoms with E-state index >= 15 is 0 Å². The summed E-state index contributed by atoms with van der Waals surface area (Å²) in [5.41, 5.74) is 3.11. The molecule has 0 aromatic heterocycles. The molecule has 0 spiro atoms. The first-order valence-corrected chi connectivity index (χ1v) is 7.23. The Morgan fingerprint density at radius 2 is 2.05 bits per heavy atom. The van der Waals surface area contributed by atoms with Gasteiger partial charge in [-0.25, -0.2) is 0 Å². The van der Waals surface area contributed by atoms with Gasteiger partial charge >= 0.3 is 0 Å². The number of hydrogen-bond acceptors (Lipinski definition) is 2. The van der Waals surface area contributed by atoms with E-state index in [2.05, 4.69) is 39.5 Å². The minimum absolute atomic E-state index is 0.104. The number of anilines is 1. The van der Waals surface area contributed by atoms with Crippen LogP contribution < -0.4 is 4.90 Å². The van der Waals surface area contributed by atoms with E-state index in [1.54, 1.807) is 0 Å².